The molecule has 29 heteroatoms. The van der Waals surface area contributed by atoms with Crippen molar-refractivity contribution in [2.75, 3.05) is 0 Å². The number of hydrogen-bond donors (Lipinski definition) is 1. The summed E-state index contributed by atoms with van der Waals surface area (Å²) >= 11 is 0. The van der Waals surface area contributed by atoms with Crippen molar-refractivity contribution in [3.05, 3.63) is 71.8 Å². The van der Waals surface area contributed by atoms with Crippen LogP contribution in [0.1, 0.15) is 49.3 Å². The van der Waals surface area contributed by atoms with Crippen LogP contribution in [-0.2, 0) is 79.2 Å². The molecule has 2 aliphatic rings. The van der Waals surface area contributed by atoms with Crippen LogP contribution < -0.4 is 124 Å². The minimum absolute atomic E-state index is 0. The average molecular weight is 907 g/mol. The Morgan fingerprint density at radius 3 is 1.59 bits per heavy atom. The second-order valence-electron chi connectivity index (χ2n) is 11.4. The third-order valence-electron chi connectivity index (χ3n) is 7.74. The van der Waals surface area contributed by atoms with Crippen molar-refractivity contribution in [3.8, 4) is 0 Å². The third kappa shape index (κ3) is 18.4. The van der Waals surface area contributed by atoms with E-state index in [0.29, 0.717) is 12.8 Å². The summed E-state index contributed by atoms with van der Waals surface area (Å²) in [6.07, 6.45) is -12.1. The molecule has 0 spiro atoms. The Hall–Kier alpha value is 0.820. The number of amides is 2. The maximum Gasteiger partial charge on any atom is 1.00 e. The summed E-state index contributed by atoms with van der Waals surface area (Å²) in [5, 5.41) is 2.84. The molecule has 0 bridgehead atoms. The first-order valence-corrected chi connectivity index (χ1v) is 20.3. The molecule has 2 fully saturated rings. The molecule has 1 saturated carbocycles. The van der Waals surface area contributed by atoms with Crippen molar-refractivity contribution in [3.63, 3.8) is 0 Å². The van der Waals surface area contributed by atoms with Gasteiger partial charge in [0, 0.05) is 12.6 Å². The molecule has 0 radical (unpaired) electrons. The van der Waals surface area contributed by atoms with Gasteiger partial charge in [-0.05, 0) is 24.0 Å². The Labute approximate surface area is 412 Å². The molecule has 6 unspecified atom stereocenters. The van der Waals surface area contributed by atoms with Gasteiger partial charge in [0.25, 0.3) is 5.91 Å². The van der Waals surface area contributed by atoms with E-state index in [2.05, 4.69) is 22.0 Å². The average Bonchev–Trinajstić information content (AvgIpc) is 3.02. The Morgan fingerprint density at radius 2 is 1.11 bits per heavy atom. The third-order valence-corrected chi connectivity index (χ3v) is 9.54. The van der Waals surface area contributed by atoms with E-state index in [9.17, 15) is 61.5 Å². The van der Waals surface area contributed by atoms with Crippen molar-refractivity contribution >= 4 is 53.4 Å². The number of nitrogens with zero attached hydrogens (tertiary/aromatic N) is 1. The predicted molar refractivity (Wildman–Crippen MR) is 164 cm³/mol. The molecule has 0 aromatic heterocycles. The molecule has 1 aliphatic carbocycles. The van der Waals surface area contributed by atoms with Gasteiger partial charge < -0.3 is 33.2 Å². The number of hydrogen-bond acceptors (Lipinski definition) is 19. The molecule has 2 aromatic carbocycles. The summed E-state index contributed by atoms with van der Waals surface area (Å²) in [5.74, 6) is -2.43. The number of nitrogens with one attached hydrogen (secondary N) is 1. The van der Waals surface area contributed by atoms with Crippen LogP contribution in [0.2, 0.25) is 0 Å². The molecule has 1 saturated heterocycles. The van der Waals surface area contributed by atoms with Crippen molar-refractivity contribution in [2.45, 2.75) is 81.4 Å². The van der Waals surface area contributed by atoms with Crippen molar-refractivity contribution < 1.29 is 201 Å². The molecule has 290 valence electrons. The topological polar surface area (TPSA) is 324 Å². The zero-order valence-corrected chi connectivity index (χ0v) is 41.7. The van der Waals surface area contributed by atoms with Crippen LogP contribution in [0.5, 0.6) is 0 Å². The van der Waals surface area contributed by atoms with Gasteiger partial charge in [0.2, 0.25) is 53.8 Å². The molecular weight excluding hydrogens is 877 g/mol. The van der Waals surface area contributed by atoms with Gasteiger partial charge in [-0.1, -0.05) is 79.9 Å². The van der Waals surface area contributed by atoms with Crippen LogP contribution in [0.15, 0.2) is 60.7 Å². The summed E-state index contributed by atoms with van der Waals surface area (Å²) in [6.45, 7) is -0.570. The van der Waals surface area contributed by atoms with Gasteiger partial charge >= 0.3 is 118 Å². The van der Waals surface area contributed by atoms with Crippen LogP contribution in [0.25, 0.3) is 0 Å². The smallest absolute Gasteiger partial charge is 0.726 e. The number of ether oxygens (including phenoxy) is 1. The van der Waals surface area contributed by atoms with E-state index in [1.54, 1.807) is 12.1 Å². The van der Waals surface area contributed by atoms with Gasteiger partial charge in [-0.25, -0.2) is 37.9 Å². The van der Waals surface area contributed by atoms with Crippen molar-refractivity contribution in [2.24, 2.45) is 0 Å². The molecule has 21 nitrogen and oxygen atoms in total. The molecule has 6 atom stereocenters. The van der Waals surface area contributed by atoms with Crippen molar-refractivity contribution in [1.29, 1.82) is 0 Å². The van der Waals surface area contributed by atoms with Crippen LogP contribution in [0.4, 0.5) is 0 Å². The molecule has 1 N–H and O–H groups in total. The Balaban J connectivity index is 0.00000756. The zero-order chi connectivity index (χ0) is 38.5. The number of rotatable bonds is 15. The Bertz CT molecular complexity index is 2010. The Morgan fingerprint density at radius 1 is 0.661 bits per heavy atom. The number of carbonyl (C=O) groups excluding carboxylic acids is 2. The normalized spacial score (nSPS) is 22.4. The first kappa shape index (κ1) is 56.8. The summed E-state index contributed by atoms with van der Waals surface area (Å²) in [6, 6.07) is 13.0. The fraction of sp³-hybridized carbons (Fsp3) is 0.481. The molecule has 1 heterocycles. The quantitative estimate of drug-likeness (QED) is 0.0985. The van der Waals surface area contributed by atoms with Crippen LogP contribution in [-0.4, -0.2) is 105 Å². The van der Waals surface area contributed by atoms with Gasteiger partial charge in [-0.3, -0.25) is 22.1 Å². The number of benzene rings is 2. The molecule has 1 aliphatic heterocycles. The largest absolute Gasteiger partial charge is 1.00 e. The second kappa shape index (κ2) is 24.5. The molecule has 2 aromatic rings. The molecule has 2 amide bonds. The monoisotopic (exact) mass is 906 g/mol. The van der Waals surface area contributed by atoms with Gasteiger partial charge in [0.1, 0.15) is 18.2 Å². The van der Waals surface area contributed by atoms with Gasteiger partial charge in [0.05, 0.1) is 0 Å². The van der Waals surface area contributed by atoms with Gasteiger partial charge in [0.15, 0.2) is 12.2 Å². The predicted octanol–water partition coefficient (Wildman–Crippen LogP) is -13.0. The first-order valence-electron chi connectivity index (χ1n) is 15.0. The SMILES string of the molecule is O=C(NC1CCCCC1)C(c1ccccc1)N(Cc1ccccc1)C(=O)C1OC(OS(=O)(=O)[O-])C(OS(=O)(=O)[O-])C(OS(=O)(=O)[O-])C1OS(=O)(=O)[O-].[Na+].[Na+].[Na+].[Na+]. The summed E-state index contributed by atoms with van der Waals surface area (Å²) < 4.78 is 163. The summed E-state index contributed by atoms with van der Waals surface area (Å²) in [7, 11) is -24.6. The minimum Gasteiger partial charge on any atom is -0.726 e. The van der Waals surface area contributed by atoms with Crippen LogP contribution in [0.3, 0.4) is 0 Å². The molecule has 56 heavy (non-hydrogen) atoms. The van der Waals surface area contributed by atoms with E-state index in [-0.39, 0.29) is 135 Å². The van der Waals surface area contributed by atoms with E-state index in [1.165, 1.54) is 48.5 Å². The van der Waals surface area contributed by atoms with Gasteiger partial charge in [-0.15, -0.1) is 0 Å². The fourth-order valence-electron chi connectivity index (χ4n) is 5.80. The zero-order valence-electron chi connectivity index (χ0n) is 30.4. The van der Waals surface area contributed by atoms with E-state index in [0.717, 1.165) is 24.2 Å². The maximum atomic E-state index is 14.7. The van der Waals surface area contributed by atoms with Crippen LogP contribution in [0, 0.1) is 0 Å². The van der Waals surface area contributed by atoms with E-state index in [4.69, 9.17) is 4.74 Å². The van der Waals surface area contributed by atoms with E-state index >= 15 is 0 Å². The first-order chi connectivity index (χ1) is 24.1. The molecular formula is C27H30N2Na4O19S4. The molecule has 4 rings (SSSR count). The second-order valence-corrected chi connectivity index (χ2v) is 15.5. The maximum absolute atomic E-state index is 14.7. The van der Waals surface area contributed by atoms with Crippen LogP contribution >= 0.6 is 0 Å². The minimum atomic E-state index is -6.21. The summed E-state index contributed by atoms with van der Waals surface area (Å²) in [4.78, 5) is 29.5. The fourth-order valence-corrected chi connectivity index (χ4v) is 7.64. The van der Waals surface area contributed by atoms with E-state index < -0.39 is 96.7 Å². The Kier molecular flexibility index (Phi) is 24.8. The number of carbonyl (C=O) groups is 2. The standard InChI is InChI=1S/C27H34N2O19S4.4Na/c30-25(28-19-14-8-3-9-15-19)20(18-12-6-2-7-13-18)29(16-17-10-4-1-5-11-17)26(31)23-21(45-49(32,33)34)22(46-50(35,36)37)24(47-51(38,39)40)27(44-23)48-52(41,42)43;;;;/h1-2,4-7,10-13,19-24,27H,3,8-9,14-16H2,(H,28,30)(H,32,33,34)(H,35,36,37)(H,38,39,40)(H,41,42,43);;;;/q;4*+1/p-4. The summed E-state index contributed by atoms with van der Waals surface area (Å²) in [5.41, 5.74) is 0.406. The van der Waals surface area contributed by atoms with Crippen molar-refractivity contribution in [1.82, 2.24) is 10.2 Å². The van der Waals surface area contributed by atoms with Gasteiger partial charge in [-0.2, -0.15) is 0 Å². The van der Waals surface area contributed by atoms with E-state index in [1.807, 2.05) is 0 Å².